The molecular formula is C14H26N4O. The molecular weight excluding hydrogens is 240 g/mol. The van der Waals surface area contributed by atoms with Crippen molar-refractivity contribution in [2.75, 3.05) is 7.05 Å². The van der Waals surface area contributed by atoms with Crippen molar-refractivity contribution in [3.05, 3.63) is 17.7 Å². The number of imidazole rings is 1. The van der Waals surface area contributed by atoms with Crippen LogP contribution in [-0.2, 0) is 6.54 Å². The minimum atomic E-state index is -0.0506. The van der Waals surface area contributed by atoms with E-state index in [1.165, 1.54) is 0 Å². The summed E-state index contributed by atoms with van der Waals surface area (Å²) in [6, 6.07) is 0.154. The Morgan fingerprint density at radius 3 is 2.63 bits per heavy atom. The van der Waals surface area contributed by atoms with Gasteiger partial charge in [0.15, 0.2) is 0 Å². The van der Waals surface area contributed by atoms with Crippen LogP contribution >= 0.6 is 0 Å². The van der Waals surface area contributed by atoms with E-state index in [0.717, 1.165) is 24.4 Å². The Hall–Kier alpha value is -1.52. The number of hydrogen-bond donors (Lipinski definition) is 2. The zero-order valence-electron chi connectivity index (χ0n) is 12.7. The van der Waals surface area contributed by atoms with Crippen molar-refractivity contribution in [2.24, 2.45) is 5.92 Å². The molecule has 1 atom stereocenters. The van der Waals surface area contributed by atoms with Crippen LogP contribution in [0.3, 0.4) is 0 Å². The monoisotopic (exact) mass is 266 g/mol. The van der Waals surface area contributed by atoms with Crippen molar-refractivity contribution in [3.63, 3.8) is 0 Å². The fourth-order valence-corrected chi connectivity index (χ4v) is 1.82. The molecule has 0 aromatic carbocycles. The first-order chi connectivity index (χ1) is 8.88. The molecule has 108 valence electrons. The summed E-state index contributed by atoms with van der Waals surface area (Å²) in [5.74, 6) is 1.48. The van der Waals surface area contributed by atoms with E-state index in [2.05, 4.69) is 29.1 Å². The quantitative estimate of drug-likeness (QED) is 0.831. The highest BCUT2D eigenvalue weighted by Gasteiger charge is 2.13. The summed E-state index contributed by atoms with van der Waals surface area (Å²) in [4.78, 5) is 20.9. The second-order valence-electron chi connectivity index (χ2n) is 5.69. The van der Waals surface area contributed by atoms with E-state index >= 15 is 0 Å². The predicted octanol–water partition coefficient (Wildman–Crippen LogP) is 2.68. The average Bonchev–Trinajstić information content (AvgIpc) is 2.72. The molecule has 1 heterocycles. The van der Waals surface area contributed by atoms with Crippen LogP contribution in [0, 0.1) is 12.8 Å². The lowest BCUT2D eigenvalue weighted by Crippen LogP contribution is -2.41. The Balaban J connectivity index is 2.35. The van der Waals surface area contributed by atoms with Gasteiger partial charge in [0.2, 0.25) is 0 Å². The number of carbonyl (C=O) groups is 1. The second-order valence-corrected chi connectivity index (χ2v) is 5.69. The maximum atomic E-state index is 12.0. The third kappa shape index (κ3) is 5.77. The number of H-pyrrole nitrogens is 1. The van der Waals surface area contributed by atoms with Crippen LogP contribution in [0.1, 0.15) is 45.1 Å². The van der Waals surface area contributed by atoms with Crippen LogP contribution in [0.4, 0.5) is 4.79 Å². The van der Waals surface area contributed by atoms with Crippen LogP contribution in [0.15, 0.2) is 6.20 Å². The number of aromatic amines is 1. The highest BCUT2D eigenvalue weighted by Crippen LogP contribution is 2.07. The highest BCUT2D eigenvalue weighted by atomic mass is 16.2. The van der Waals surface area contributed by atoms with Crippen molar-refractivity contribution in [1.29, 1.82) is 0 Å². The van der Waals surface area contributed by atoms with Gasteiger partial charge in [-0.15, -0.1) is 0 Å². The molecule has 0 fully saturated rings. The Kier molecular flexibility index (Phi) is 5.86. The van der Waals surface area contributed by atoms with Crippen molar-refractivity contribution < 1.29 is 4.79 Å². The van der Waals surface area contributed by atoms with Gasteiger partial charge in [0.1, 0.15) is 5.82 Å². The summed E-state index contributed by atoms with van der Waals surface area (Å²) in [6.45, 7) is 8.88. The van der Waals surface area contributed by atoms with Gasteiger partial charge >= 0.3 is 6.03 Å². The van der Waals surface area contributed by atoms with Gasteiger partial charge in [-0.25, -0.2) is 9.78 Å². The smallest absolute Gasteiger partial charge is 0.317 e. The van der Waals surface area contributed by atoms with E-state index in [4.69, 9.17) is 0 Å². The molecule has 1 aromatic rings. The lowest BCUT2D eigenvalue weighted by atomic mass is 10.0. The van der Waals surface area contributed by atoms with Gasteiger partial charge in [0.25, 0.3) is 0 Å². The van der Waals surface area contributed by atoms with Gasteiger partial charge < -0.3 is 15.2 Å². The molecule has 1 aromatic heterocycles. The first-order valence-corrected chi connectivity index (χ1v) is 6.90. The number of nitrogens with zero attached hydrogens (tertiary/aromatic N) is 2. The lowest BCUT2D eigenvalue weighted by Gasteiger charge is -2.21. The summed E-state index contributed by atoms with van der Waals surface area (Å²) in [5.41, 5.74) is 1.01. The molecule has 0 aliphatic rings. The third-order valence-corrected chi connectivity index (χ3v) is 3.04. The van der Waals surface area contributed by atoms with E-state index in [0.29, 0.717) is 12.5 Å². The summed E-state index contributed by atoms with van der Waals surface area (Å²) in [5, 5.41) is 3.01. The van der Waals surface area contributed by atoms with E-state index in [1.807, 2.05) is 13.8 Å². The molecule has 19 heavy (non-hydrogen) atoms. The predicted molar refractivity (Wildman–Crippen MR) is 76.9 cm³/mol. The maximum Gasteiger partial charge on any atom is 0.317 e. The standard InChI is InChI=1S/C14H26N4O/c1-10(2)6-7-11(3)17-14(19)18(5)9-13-15-8-12(4)16-13/h8,10-11H,6-7,9H2,1-5H3,(H,15,16)(H,17,19)/t11-/m1/s1. The first kappa shape index (κ1) is 15.5. The van der Waals surface area contributed by atoms with E-state index in [9.17, 15) is 4.79 Å². The summed E-state index contributed by atoms with van der Waals surface area (Å²) in [7, 11) is 1.78. The first-order valence-electron chi connectivity index (χ1n) is 6.90. The second kappa shape index (κ2) is 7.16. The highest BCUT2D eigenvalue weighted by molar-refractivity contribution is 5.74. The minimum Gasteiger partial charge on any atom is -0.345 e. The molecule has 0 aliphatic carbocycles. The van der Waals surface area contributed by atoms with Crippen LogP contribution < -0.4 is 5.32 Å². The largest absolute Gasteiger partial charge is 0.345 e. The van der Waals surface area contributed by atoms with Crippen LogP contribution in [0.2, 0.25) is 0 Å². The van der Waals surface area contributed by atoms with Gasteiger partial charge in [-0.2, -0.15) is 0 Å². The molecule has 0 radical (unpaired) electrons. The lowest BCUT2D eigenvalue weighted by molar-refractivity contribution is 0.201. The molecule has 0 bridgehead atoms. The van der Waals surface area contributed by atoms with Crippen LogP contribution in [0.25, 0.3) is 0 Å². The topological polar surface area (TPSA) is 61.0 Å². The number of aryl methyl sites for hydroxylation is 1. The Morgan fingerprint density at radius 1 is 1.42 bits per heavy atom. The van der Waals surface area contributed by atoms with Crippen LogP contribution in [0.5, 0.6) is 0 Å². The van der Waals surface area contributed by atoms with Gasteiger partial charge in [-0.3, -0.25) is 0 Å². The number of nitrogens with one attached hydrogen (secondary N) is 2. The van der Waals surface area contributed by atoms with Crippen molar-refractivity contribution in [3.8, 4) is 0 Å². The zero-order chi connectivity index (χ0) is 14.4. The molecule has 0 saturated carbocycles. The van der Waals surface area contributed by atoms with Crippen molar-refractivity contribution >= 4 is 6.03 Å². The number of carbonyl (C=O) groups excluding carboxylic acids is 1. The van der Waals surface area contributed by atoms with Gasteiger partial charge in [-0.1, -0.05) is 13.8 Å². The Labute approximate surface area is 115 Å². The third-order valence-electron chi connectivity index (χ3n) is 3.04. The molecule has 5 heteroatoms. The Bertz CT molecular complexity index is 400. The van der Waals surface area contributed by atoms with E-state index < -0.39 is 0 Å². The van der Waals surface area contributed by atoms with Gasteiger partial charge in [0.05, 0.1) is 6.54 Å². The fourth-order valence-electron chi connectivity index (χ4n) is 1.82. The summed E-state index contributed by atoms with van der Waals surface area (Å²) in [6.07, 6.45) is 3.91. The molecule has 2 N–H and O–H groups in total. The van der Waals surface area contributed by atoms with Crippen molar-refractivity contribution in [1.82, 2.24) is 20.2 Å². The average molecular weight is 266 g/mol. The minimum absolute atomic E-state index is 0.0506. The number of hydrogen-bond acceptors (Lipinski definition) is 2. The molecule has 0 spiro atoms. The van der Waals surface area contributed by atoms with Crippen molar-refractivity contribution in [2.45, 2.75) is 53.1 Å². The number of urea groups is 1. The summed E-state index contributed by atoms with van der Waals surface area (Å²) < 4.78 is 0. The summed E-state index contributed by atoms with van der Waals surface area (Å²) >= 11 is 0. The zero-order valence-corrected chi connectivity index (χ0v) is 12.7. The molecule has 2 amide bonds. The van der Waals surface area contributed by atoms with E-state index in [-0.39, 0.29) is 12.1 Å². The molecule has 0 aliphatic heterocycles. The normalized spacial score (nSPS) is 12.5. The van der Waals surface area contributed by atoms with Gasteiger partial charge in [-0.05, 0) is 32.6 Å². The van der Waals surface area contributed by atoms with Gasteiger partial charge in [0, 0.05) is 25.0 Å². The SMILES string of the molecule is Cc1cnc(CN(C)C(=O)N[C@H](C)CCC(C)C)[nH]1. The molecule has 0 unspecified atom stereocenters. The van der Waals surface area contributed by atoms with Crippen LogP contribution in [-0.4, -0.2) is 34.0 Å². The maximum absolute atomic E-state index is 12.0. The van der Waals surface area contributed by atoms with E-state index in [1.54, 1.807) is 18.1 Å². The Morgan fingerprint density at radius 2 is 2.11 bits per heavy atom. The number of aromatic nitrogens is 2. The molecule has 5 nitrogen and oxygen atoms in total. The molecule has 1 rings (SSSR count). The number of amides is 2. The fraction of sp³-hybridized carbons (Fsp3) is 0.714. The molecule has 0 saturated heterocycles. The number of rotatable bonds is 6.